The lowest BCUT2D eigenvalue weighted by Crippen LogP contribution is -2.41. The average molecular weight is 441 g/mol. The molecule has 1 N–H and O–H groups in total. The Hall–Kier alpha value is -2.28. The van der Waals surface area contributed by atoms with Gasteiger partial charge in [-0.05, 0) is 61.7 Å². The van der Waals surface area contributed by atoms with Crippen LogP contribution in [0.4, 0.5) is 5.69 Å². The predicted molar refractivity (Wildman–Crippen MR) is 127 cm³/mol. The highest BCUT2D eigenvalue weighted by molar-refractivity contribution is 5.61. The molecule has 0 saturated carbocycles. The Balaban J connectivity index is 1.47. The van der Waals surface area contributed by atoms with Crippen molar-refractivity contribution in [2.45, 2.75) is 37.9 Å². The standard InChI is InChI=1S/C26H36N2O4/c1-19(21-7-10-25-24(17-21)28(14-16-31-25)13-4-15-29-2)32-26-18-27-12-11-23(26)20-5-8-22(30-3)9-6-20/h5-10,17,19,23,26-27H,4,11-16,18H2,1-3H3/t19-,23-,26+/m1/s1. The SMILES string of the molecule is COCCCN1CCOc2ccc([C@@H](C)O[C@H]3CNCC[C@@H]3c3ccc(OC)cc3)cc21. The molecule has 32 heavy (non-hydrogen) atoms. The molecule has 2 heterocycles. The Kier molecular flexibility index (Phi) is 7.90. The second-order valence-corrected chi connectivity index (χ2v) is 8.60. The first-order chi connectivity index (χ1) is 15.7. The van der Waals surface area contributed by atoms with E-state index in [0.717, 1.165) is 69.4 Å². The van der Waals surface area contributed by atoms with Crippen molar-refractivity contribution in [3.63, 3.8) is 0 Å². The number of nitrogens with one attached hydrogen (secondary N) is 1. The first-order valence-corrected chi connectivity index (χ1v) is 11.7. The van der Waals surface area contributed by atoms with Gasteiger partial charge in [0, 0.05) is 32.7 Å². The van der Waals surface area contributed by atoms with Crippen molar-refractivity contribution in [2.75, 3.05) is 58.5 Å². The molecule has 0 unspecified atom stereocenters. The highest BCUT2D eigenvalue weighted by Gasteiger charge is 2.29. The fourth-order valence-electron chi connectivity index (χ4n) is 4.72. The summed E-state index contributed by atoms with van der Waals surface area (Å²) in [6.45, 7) is 7.39. The fraction of sp³-hybridized carbons (Fsp3) is 0.538. The van der Waals surface area contributed by atoms with Crippen LogP contribution < -0.4 is 19.7 Å². The van der Waals surface area contributed by atoms with Crippen molar-refractivity contribution in [1.29, 1.82) is 0 Å². The van der Waals surface area contributed by atoms with Crippen LogP contribution in [0.15, 0.2) is 42.5 Å². The van der Waals surface area contributed by atoms with E-state index in [0.29, 0.717) is 5.92 Å². The molecule has 4 rings (SSSR count). The van der Waals surface area contributed by atoms with Gasteiger partial charge in [0.1, 0.15) is 18.1 Å². The average Bonchev–Trinajstić information content (AvgIpc) is 2.84. The molecule has 0 amide bonds. The van der Waals surface area contributed by atoms with Crippen LogP contribution in [-0.4, -0.2) is 59.7 Å². The third-order valence-corrected chi connectivity index (χ3v) is 6.54. The number of benzene rings is 2. The maximum atomic E-state index is 6.65. The molecule has 2 aliphatic heterocycles. The van der Waals surface area contributed by atoms with Gasteiger partial charge in [0.2, 0.25) is 0 Å². The van der Waals surface area contributed by atoms with Gasteiger partial charge in [0.15, 0.2) is 0 Å². The quantitative estimate of drug-likeness (QED) is 0.591. The minimum absolute atomic E-state index is 0.00583. The smallest absolute Gasteiger partial charge is 0.142 e. The Bertz CT molecular complexity index is 857. The summed E-state index contributed by atoms with van der Waals surface area (Å²) >= 11 is 0. The zero-order valence-electron chi connectivity index (χ0n) is 19.5. The van der Waals surface area contributed by atoms with E-state index in [1.807, 2.05) is 12.1 Å². The van der Waals surface area contributed by atoms with Crippen molar-refractivity contribution in [1.82, 2.24) is 5.32 Å². The van der Waals surface area contributed by atoms with Crippen molar-refractivity contribution >= 4 is 5.69 Å². The number of methoxy groups -OCH3 is 2. The van der Waals surface area contributed by atoms with Crippen LogP contribution in [0.3, 0.4) is 0 Å². The minimum Gasteiger partial charge on any atom is -0.497 e. The predicted octanol–water partition coefficient (Wildman–Crippen LogP) is 4.15. The summed E-state index contributed by atoms with van der Waals surface area (Å²) in [5, 5.41) is 3.51. The summed E-state index contributed by atoms with van der Waals surface area (Å²) < 4.78 is 23.1. The molecule has 0 bridgehead atoms. The van der Waals surface area contributed by atoms with Gasteiger partial charge in [-0.3, -0.25) is 0 Å². The van der Waals surface area contributed by atoms with Crippen LogP contribution in [-0.2, 0) is 9.47 Å². The Morgan fingerprint density at radius 1 is 1.16 bits per heavy atom. The first-order valence-electron chi connectivity index (χ1n) is 11.7. The van der Waals surface area contributed by atoms with Crippen molar-refractivity contribution in [3.8, 4) is 11.5 Å². The monoisotopic (exact) mass is 440 g/mol. The maximum absolute atomic E-state index is 6.65. The second kappa shape index (κ2) is 11.0. The van der Waals surface area contributed by atoms with Gasteiger partial charge < -0.3 is 29.2 Å². The molecule has 2 aliphatic rings. The fourth-order valence-corrected chi connectivity index (χ4v) is 4.72. The number of nitrogens with zero attached hydrogens (tertiary/aromatic N) is 1. The maximum Gasteiger partial charge on any atom is 0.142 e. The van der Waals surface area contributed by atoms with Gasteiger partial charge in [-0.15, -0.1) is 0 Å². The summed E-state index contributed by atoms with van der Waals surface area (Å²) in [6, 6.07) is 14.9. The van der Waals surface area contributed by atoms with E-state index in [9.17, 15) is 0 Å². The lowest BCUT2D eigenvalue weighted by molar-refractivity contribution is -0.0272. The van der Waals surface area contributed by atoms with E-state index in [1.54, 1.807) is 14.2 Å². The third kappa shape index (κ3) is 5.37. The largest absolute Gasteiger partial charge is 0.497 e. The number of anilines is 1. The zero-order chi connectivity index (χ0) is 22.3. The molecule has 1 saturated heterocycles. The van der Waals surface area contributed by atoms with E-state index < -0.39 is 0 Å². The molecule has 2 aromatic carbocycles. The van der Waals surface area contributed by atoms with Crippen LogP contribution in [0.5, 0.6) is 11.5 Å². The molecular weight excluding hydrogens is 404 g/mol. The zero-order valence-corrected chi connectivity index (χ0v) is 19.5. The van der Waals surface area contributed by atoms with Crippen LogP contribution in [0.2, 0.25) is 0 Å². The van der Waals surface area contributed by atoms with Gasteiger partial charge in [0.25, 0.3) is 0 Å². The molecule has 0 spiro atoms. The molecule has 1 fully saturated rings. The van der Waals surface area contributed by atoms with E-state index in [1.165, 1.54) is 11.1 Å². The highest BCUT2D eigenvalue weighted by atomic mass is 16.5. The number of piperidine rings is 1. The van der Waals surface area contributed by atoms with E-state index in [4.69, 9.17) is 18.9 Å². The van der Waals surface area contributed by atoms with Crippen LogP contribution in [0.25, 0.3) is 0 Å². The van der Waals surface area contributed by atoms with Crippen LogP contribution in [0.1, 0.15) is 42.9 Å². The Morgan fingerprint density at radius 3 is 2.78 bits per heavy atom. The second-order valence-electron chi connectivity index (χ2n) is 8.60. The number of hydrogen-bond donors (Lipinski definition) is 1. The van der Waals surface area contributed by atoms with Gasteiger partial charge in [-0.25, -0.2) is 0 Å². The summed E-state index contributed by atoms with van der Waals surface area (Å²) in [7, 11) is 3.46. The van der Waals surface area contributed by atoms with Crippen molar-refractivity contribution < 1.29 is 18.9 Å². The molecule has 6 nitrogen and oxygen atoms in total. The molecule has 0 aromatic heterocycles. The molecule has 6 heteroatoms. The Labute approximate surface area is 191 Å². The van der Waals surface area contributed by atoms with E-state index in [2.05, 4.69) is 47.5 Å². The minimum atomic E-state index is -0.00583. The van der Waals surface area contributed by atoms with Crippen LogP contribution in [0, 0.1) is 0 Å². The first kappa shape index (κ1) is 22.9. The highest BCUT2D eigenvalue weighted by Crippen LogP contribution is 2.37. The number of ether oxygens (including phenoxy) is 4. The number of rotatable bonds is 9. The Morgan fingerprint density at radius 2 is 2.00 bits per heavy atom. The number of hydrogen-bond acceptors (Lipinski definition) is 6. The molecule has 0 radical (unpaired) electrons. The third-order valence-electron chi connectivity index (χ3n) is 6.54. The lowest BCUT2D eigenvalue weighted by atomic mass is 9.87. The molecular formula is C26H36N2O4. The normalized spacial score (nSPS) is 21.5. The van der Waals surface area contributed by atoms with Gasteiger partial charge in [0.05, 0.1) is 31.5 Å². The van der Waals surface area contributed by atoms with E-state index >= 15 is 0 Å². The van der Waals surface area contributed by atoms with Gasteiger partial charge in [-0.2, -0.15) is 0 Å². The van der Waals surface area contributed by atoms with Crippen LogP contribution >= 0.6 is 0 Å². The molecule has 174 valence electrons. The van der Waals surface area contributed by atoms with Crippen molar-refractivity contribution in [3.05, 3.63) is 53.6 Å². The molecule has 0 aliphatic carbocycles. The number of fused-ring (bicyclic) bond motifs is 1. The molecule has 2 aromatic rings. The van der Waals surface area contributed by atoms with Crippen molar-refractivity contribution in [2.24, 2.45) is 0 Å². The summed E-state index contributed by atoms with van der Waals surface area (Å²) in [4.78, 5) is 2.40. The van der Waals surface area contributed by atoms with E-state index in [-0.39, 0.29) is 12.2 Å². The topological polar surface area (TPSA) is 52.2 Å². The lowest BCUT2D eigenvalue weighted by Gasteiger charge is -2.35. The molecule has 3 atom stereocenters. The summed E-state index contributed by atoms with van der Waals surface area (Å²) in [5.41, 5.74) is 3.66. The van der Waals surface area contributed by atoms with Gasteiger partial charge >= 0.3 is 0 Å². The van der Waals surface area contributed by atoms with Gasteiger partial charge in [-0.1, -0.05) is 18.2 Å². The summed E-state index contributed by atoms with van der Waals surface area (Å²) in [5.74, 6) is 2.22. The summed E-state index contributed by atoms with van der Waals surface area (Å²) in [6.07, 6.45) is 2.18.